The third-order valence-corrected chi connectivity index (χ3v) is 6.37. The summed E-state index contributed by atoms with van der Waals surface area (Å²) in [5, 5.41) is 2.19. The van der Waals surface area contributed by atoms with Crippen LogP contribution in [0.5, 0.6) is 0 Å². The Morgan fingerprint density at radius 1 is 1.36 bits per heavy atom. The minimum Gasteiger partial charge on any atom is -0.371 e. The molecule has 5 heteroatoms. The molecular weight excluding hydrogens is 332 g/mol. The number of thiophene rings is 1. The molecule has 2 aromatic heterocycles. The summed E-state index contributed by atoms with van der Waals surface area (Å²) in [6.07, 6.45) is 7.21. The van der Waals surface area contributed by atoms with Crippen LogP contribution in [0.25, 0.3) is 0 Å². The fourth-order valence-corrected chi connectivity index (χ4v) is 4.93. The van der Waals surface area contributed by atoms with Gasteiger partial charge in [0.15, 0.2) is 0 Å². The maximum Gasteiger partial charge on any atom is 0.0841 e. The topological polar surface area (TPSA) is 34.6 Å². The fraction of sp³-hybridized carbons (Fsp3) is 0.550. The summed E-state index contributed by atoms with van der Waals surface area (Å²) >= 11 is 1.87. The number of rotatable bonds is 5. The third kappa shape index (κ3) is 4.11. The molecule has 2 saturated heterocycles. The molecule has 0 saturated carbocycles. The summed E-state index contributed by atoms with van der Waals surface area (Å²) in [6.45, 7) is 6.82. The first-order chi connectivity index (χ1) is 12.2. The normalized spacial score (nSPS) is 27.2. The molecule has 4 nitrogen and oxygen atoms in total. The van der Waals surface area contributed by atoms with Gasteiger partial charge in [0, 0.05) is 36.8 Å². The van der Waals surface area contributed by atoms with E-state index in [0.717, 1.165) is 32.5 Å². The molecule has 1 spiro atoms. The van der Waals surface area contributed by atoms with Gasteiger partial charge >= 0.3 is 0 Å². The molecule has 4 heterocycles. The Morgan fingerprint density at radius 3 is 3.04 bits per heavy atom. The van der Waals surface area contributed by atoms with Crippen molar-refractivity contribution in [3.63, 3.8) is 0 Å². The molecule has 0 aliphatic carbocycles. The van der Waals surface area contributed by atoms with Crippen molar-refractivity contribution in [1.29, 1.82) is 0 Å². The van der Waals surface area contributed by atoms with Crippen molar-refractivity contribution in [3.8, 4) is 0 Å². The first-order valence-electron chi connectivity index (χ1n) is 9.12. The van der Waals surface area contributed by atoms with Crippen molar-refractivity contribution in [2.45, 2.75) is 51.0 Å². The summed E-state index contributed by atoms with van der Waals surface area (Å²) in [4.78, 5) is 8.10. The molecule has 25 heavy (non-hydrogen) atoms. The van der Waals surface area contributed by atoms with Crippen LogP contribution in [-0.2, 0) is 22.6 Å². The monoisotopic (exact) mass is 358 g/mol. The lowest BCUT2D eigenvalue weighted by Crippen LogP contribution is -2.47. The average molecular weight is 359 g/mol. The predicted molar refractivity (Wildman–Crippen MR) is 99.7 cm³/mol. The van der Waals surface area contributed by atoms with Crippen LogP contribution in [0, 0.1) is 6.92 Å². The summed E-state index contributed by atoms with van der Waals surface area (Å²) in [6, 6.07) is 6.24. The van der Waals surface area contributed by atoms with Gasteiger partial charge in [-0.1, -0.05) is 0 Å². The van der Waals surface area contributed by atoms with Gasteiger partial charge in [-0.05, 0) is 61.0 Å². The van der Waals surface area contributed by atoms with E-state index in [4.69, 9.17) is 9.47 Å². The van der Waals surface area contributed by atoms with E-state index in [1.165, 1.54) is 29.0 Å². The van der Waals surface area contributed by atoms with E-state index < -0.39 is 0 Å². The lowest BCUT2D eigenvalue weighted by Gasteiger charge is -2.39. The van der Waals surface area contributed by atoms with Crippen molar-refractivity contribution in [2.75, 3.05) is 19.7 Å². The largest absolute Gasteiger partial charge is 0.371 e. The molecule has 0 bridgehead atoms. The minimum absolute atomic E-state index is 0.00761. The number of nitrogens with zero attached hydrogens (tertiary/aromatic N) is 2. The van der Waals surface area contributed by atoms with Gasteiger partial charge in [0.25, 0.3) is 0 Å². The van der Waals surface area contributed by atoms with Crippen molar-refractivity contribution < 1.29 is 9.47 Å². The van der Waals surface area contributed by atoms with E-state index in [1.54, 1.807) is 0 Å². The highest BCUT2D eigenvalue weighted by molar-refractivity contribution is 7.10. The van der Waals surface area contributed by atoms with E-state index in [0.29, 0.717) is 6.61 Å². The zero-order valence-corrected chi connectivity index (χ0v) is 15.6. The van der Waals surface area contributed by atoms with Gasteiger partial charge in [0.1, 0.15) is 0 Å². The van der Waals surface area contributed by atoms with Crippen LogP contribution < -0.4 is 0 Å². The van der Waals surface area contributed by atoms with Crippen molar-refractivity contribution in [1.82, 2.24) is 9.88 Å². The predicted octanol–water partition coefficient (Wildman–Crippen LogP) is 3.79. The Kier molecular flexibility index (Phi) is 5.17. The molecule has 2 aliphatic rings. The molecule has 2 atom stereocenters. The number of ether oxygens (including phenoxy) is 2. The fourth-order valence-electron chi connectivity index (χ4n) is 3.98. The highest BCUT2D eigenvalue weighted by Gasteiger charge is 2.43. The summed E-state index contributed by atoms with van der Waals surface area (Å²) in [7, 11) is 0. The van der Waals surface area contributed by atoms with E-state index in [9.17, 15) is 0 Å². The molecule has 0 unspecified atom stereocenters. The van der Waals surface area contributed by atoms with Crippen molar-refractivity contribution in [3.05, 3.63) is 52.0 Å². The molecule has 0 N–H and O–H groups in total. The van der Waals surface area contributed by atoms with Crippen molar-refractivity contribution >= 4 is 11.3 Å². The maximum absolute atomic E-state index is 6.29. The highest BCUT2D eigenvalue weighted by Crippen LogP contribution is 2.37. The van der Waals surface area contributed by atoms with E-state index in [2.05, 4.69) is 28.3 Å². The molecule has 0 radical (unpaired) electrons. The molecule has 0 aromatic carbocycles. The van der Waals surface area contributed by atoms with Gasteiger partial charge in [-0.3, -0.25) is 9.88 Å². The lowest BCUT2D eigenvalue weighted by molar-refractivity contribution is -0.0546. The average Bonchev–Trinajstić information content (AvgIpc) is 3.21. The molecular formula is C20H26N2O2S. The van der Waals surface area contributed by atoms with E-state index in [-0.39, 0.29) is 11.7 Å². The lowest BCUT2D eigenvalue weighted by atomic mass is 9.89. The molecule has 2 aliphatic heterocycles. The summed E-state index contributed by atoms with van der Waals surface area (Å²) < 4.78 is 12.4. The molecule has 134 valence electrons. The van der Waals surface area contributed by atoms with Crippen LogP contribution in [-0.4, -0.2) is 41.3 Å². The third-order valence-electron chi connectivity index (χ3n) is 5.36. The Bertz CT molecular complexity index is 690. The molecule has 4 rings (SSSR count). The minimum atomic E-state index is -0.00761. The van der Waals surface area contributed by atoms with E-state index in [1.807, 2.05) is 35.9 Å². The standard InChI is InChI=1S/C20H26N2O2S/c1-16-5-10-25-19(16)12-22-9-2-6-20(15-22)11-18(14-24-20)23-13-17-3-7-21-8-4-17/h3-5,7-8,10,18H,2,6,9,11-15H2,1H3/t18-,20+/m1/s1. The second kappa shape index (κ2) is 7.54. The van der Waals surface area contributed by atoms with Crippen LogP contribution in [0.4, 0.5) is 0 Å². The summed E-state index contributed by atoms with van der Waals surface area (Å²) in [5.41, 5.74) is 2.58. The quantitative estimate of drug-likeness (QED) is 0.814. The molecule has 2 fully saturated rings. The van der Waals surface area contributed by atoms with E-state index >= 15 is 0 Å². The molecule has 0 amide bonds. The Morgan fingerprint density at radius 2 is 2.24 bits per heavy atom. The zero-order chi connectivity index (χ0) is 17.1. The highest BCUT2D eigenvalue weighted by atomic mass is 32.1. The second-order valence-electron chi connectivity index (χ2n) is 7.33. The first-order valence-corrected chi connectivity index (χ1v) is 10.0. The number of pyridine rings is 1. The van der Waals surface area contributed by atoms with Gasteiger partial charge < -0.3 is 9.47 Å². The van der Waals surface area contributed by atoms with Crippen LogP contribution in [0.1, 0.15) is 35.3 Å². The maximum atomic E-state index is 6.29. The summed E-state index contributed by atoms with van der Waals surface area (Å²) in [5.74, 6) is 0. The van der Waals surface area contributed by atoms with Gasteiger partial charge in [0.05, 0.1) is 24.9 Å². The Balaban J connectivity index is 1.32. The smallest absolute Gasteiger partial charge is 0.0841 e. The van der Waals surface area contributed by atoms with Crippen LogP contribution in [0.15, 0.2) is 36.0 Å². The number of piperidine rings is 1. The molecule has 2 aromatic rings. The number of hydrogen-bond acceptors (Lipinski definition) is 5. The SMILES string of the molecule is Cc1ccsc1CN1CCC[C@]2(C[C@@H](OCc3ccncc3)CO2)C1. The first kappa shape index (κ1) is 17.2. The zero-order valence-electron chi connectivity index (χ0n) is 14.8. The van der Waals surface area contributed by atoms with Crippen LogP contribution in [0.2, 0.25) is 0 Å². The van der Waals surface area contributed by atoms with Crippen LogP contribution >= 0.6 is 11.3 Å². The second-order valence-corrected chi connectivity index (χ2v) is 8.33. The Labute approximate surface area is 153 Å². The number of aryl methyl sites for hydroxylation is 1. The number of hydrogen-bond donors (Lipinski definition) is 0. The van der Waals surface area contributed by atoms with Crippen molar-refractivity contribution in [2.24, 2.45) is 0 Å². The number of likely N-dealkylation sites (tertiary alicyclic amines) is 1. The van der Waals surface area contributed by atoms with Crippen LogP contribution in [0.3, 0.4) is 0 Å². The number of aromatic nitrogens is 1. The Hall–Kier alpha value is -1.27. The van der Waals surface area contributed by atoms with Gasteiger partial charge in [0.2, 0.25) is 0 Å². The van der Waals surface area contributed by atoms with Gasteiger partial charge in [-0.2, -0.15) is 0 Å². The van der Waals surface area contributed by atoms with Gasteiger partial charge in [-0.15, -0.1) is 11.3 Å². The van der Waals surface area contributed by atoms with Gasteiger partial charge in [-0.25, -0.2) is 0 Å².